The van der Waals surface area contributed by atoms with Gasteiger partial charge >= 0.3 is 0 Å². The van der Waals surface area contributed by atoms with Crippen LogP contribution >= 0.6 is 0 Å². The Kier molecular flexibility index (Phi) is 5.16. The van der Waals surface area contributed by atoms with Gasteiger partial charge in [-0.3, -0.25) is 4.84 Å². The van der Waals surface area contributed by atoms with E-state index in [1.54, 1.807) is 0 Å². The average Bonchev–Trinajstić information content (AvgIpc) is 2.48. The Bertz CT molecular complexity index is 530. The Morgan fingerprint density at radius 3 is 1.76 bits per heavy atom. The van der Waals surface area contributed by atoms with Gasteiger partial charge in [0.25, 0.3) is 0 Å². The molecule has 2 heteroatoms. The molecular formula is C19H25NO. The lowest BCUT2D eigenvalue weighted by Gasteiger charge is -2.32. The lowest BCUT2D eigenvalue weighted by molar-refractivity contribution is -0.0584. The highest BCUT2D eigenvalue weighted by Gasteiger charge is 2.27. The molecule has 0 radical (unpaired) electrons. The smallest absolute Gasteiger partial charge is 0.101 e. The average molecular weight is 283 g/mol. The quantitative estimate of drug-likeness (QED) is 0.775. The van der Waals surface area contributed by atoms with Gasteiger partial charge in [-0.15, -0.1) is 0 Å². The Balaban J connectivity index is 2.07. The van der Waals surface area contributed by atoms with Crippen LogP contribution < -0.4 is 5.48 Å². The zero-order chi connectivity index (χ0) is 15.3. The zero-order valence-electron chi connectivity index (χ0n) is 13.3. The third-order valence-corrected chi connectivity index (χ3v) is 3.63. The van der Waals surface area contributed by atoms with E-state index in [1.807, 2.05) is 24.3 Å². The van der Waals surface area contributed by atoms with Gasteiger partial charge in [-0.25, -0.2) is 0 Å². The predicted molar refractivity (Wildman–Crippen MR) is 87.7 cm³/mol. The van der Waals surface area contributed by atoms with Gasteiger partial charge < -0.3 is 0 Å². The van der Waals surface area contributed by atoms with E-state index in [0.29, 0.717) is 0 Å². The van der Waals surface area contributed by atoms with E-state index in [2.05, 4.69) is 69.6 Å². The van der Waals surface area contributed by atoms with Gasteiger partial charge in [0.1, 0.15) is 6.10 Å². The predicted octanol–water partition coefficient (Wildman–Crippen LogP) is 5.06. The third kappa shape index (κ3) is 4.42. The van der Waals surface area contributed by atoms with Gasteiger partial charge in [0.05, 0.1) is 6.04 Å². The van der Waals surface area contributed by atoms with E-state index in [1.165, 1.54) is 11.1 Å². The van der Waals surface area contributed by atoms with Crippen molar-refractivity contribution in [2.24, 2.45) is 5.41 Å². The number of rotatable bonds is 5. The van der Waals surface area contributed by atoms with Crippen molar-refractivity contribution in [3.8, 4) is 0 Å². The first-order valence-electron chi connectivity index (χ1n) is 7.49. The highest BCUT2D eigenvalue weighted by Crippen LogP contribution is 2.33. The van der Waals surface area contributed by atoms with Crippen molar-refractivity contribution in [3.63, 3.8) is 0 Å². The summed E-state index contributed by atoms with van der Waals surface area (Å²) in [6.07, 6.45) is 0.0137. The summed E-state index contributed by atoms with van der Waals surface area (Å²) in [5.74, 6) is 0. The molecule has 0 saturated heterocycles. The highest BCUT2D eigenvalue weighted by molar-refractivity contribution is 5.20. The van der Waals surface area contributed by atoms with Crippen LogP contribution in [0.15, 0.2) is 60.7 Å². The summed E-state index contributed by atoms with van der Waals surface area (Å²) in [6, 6.07) is 20.8. The Labute approximate surface area is 128 Å². The van der Waals surface area contributed by atoms with Crippen LogP contribution in [0.1, 0.15) is 51.0 Å². The molecule has 0 bridgehead atoms. The minimum Gasteiger partial charge on any atom is -0.293 e. The molecule has 0 aliphatic heterocycles. The van der Waals surface area contributed by atoms with Gasteiger partial charge in [0, 0.05) is 0 Å². The minimum absolute atomic E-state index is 0.0137. The van der Waals surface area contributed by atoms with E-state index in [9.17, 15) is 0 Å². The molecule has 2 atom stereocenters. The molecule has 2 aromatic carbocycles. The largest absolute Gasteiger partial charge is 0.293 e. The molecule has 0 fully saturated rings. The van der Waals surface area contributed by atoms with Gasteiger partial charge in [0.15, 0.2) is 0 Å². The van der Waals surface area contributed by atoms with E-state index in [-0.39, 0.29) is 17.6 Å². The standard InChI is InChI=1S/C19H25NO/c1-15(16-11-7-5-8-12-16)21-20-18(19(2,3)4)17-13-9-6-10-14-17/h5-15,18,20H,1-4H3. The summed E-state index contributed by atoms with van der Waals surface area (Å²) in [6.45, 7) is 8.71. The fourth-order valence-electron chi connectivity index (χ4n) is 2.35. The van der Waals surface area contributed by atoms with Crippen LogP contribution in [0, 0.1) is 5.41 Å². The van der Waals surface area contributed by atoms with Crippen LogP contribution in [0.3, 0.4) is 0 Å². The number of hydroxylamine groups is 1. The molecule has 2 aromatic rings. The molecule has 0 aliphatic carbocycles. The van der Waals surface area contributed by atoms with Gasteiger partial charge in [0.2, 0.25) is 0 Å². The molecular weight excluding hydrogens is 258 g/mol. The molecule has 21 heavy (non-hydrogen) atoms. The third-order valence-electron chi connectivity index (χ3n) is 3.63. The molecule has 0 heterocycles. The van der Waals surface area contributed by atoms with E-state index in [4.69, 9.17) is 4.84 Å². The first-order chi connectivity index (χ1) is 9.98. The SMILES string of the molecule is CC(ONC(c1ccccc1)C(C)(C)C)c1ccccc1. The molecule has 0 saturated carbocycles. The highest BCUT2D eigenvalue weighted by atomic mass is 16.7. The summed E-state index contributed by atoms with van der Waals surface area (Å²) in [4.78, 5) is 5.92. The second kappa shape index (κ2) is 6.88. The lowest BCUT2D eigenvalue weighted by Crippen LogP contribution is -2.33. The molecule has 0 amide bonds. The summed E-state index contributed by atoms with van der Waals surface area (Å²) < 4.78 is 0. The first-order valence-corrected chi connectivity index (χ1v) is 7.49. The van der Waals surface area contributed by atoms with Gasteiger partial charge in [-0.2, -0.15) is 5.48 Å². The summed E-state index contributed by atoms with van der Waals surface area (Å²) in [5, 5.41) is 0. The van der Waals surface area contributed by atoms with Crippen LogP contribution in [0.25, 0.3) is 0 Å². The Morgan fingerprint density at radius 2 is 1.29 bits per heavy atom. The molecule has 2 unspecified atom stereocenters. The number of hydrogen-bond acceptors (Lipinski definition) is 2. The van der Waals surface area contributed by atoms with Crippen molar-refractivity contribution in [2.75, 3.05) is 0 Å². The Morgan fingerprint density at radius 1 is 0.810 bits per heavy atom. The topological polar surface area (TPSA) is 21.3 Å². The molecule has 2 rings (SSSR count). The summed E-state index contributed by atoms with van der Waals surface area (Å²) in [7, 11) is 0. The molecule has 0 aromatic heterocycles. The molecule has 1 N–H and O–H groups in total. The van der Waals surface area contributed by atoms with Crippen LogP contribution in [-0.4, -0.2) is 0 Å². The van der Waals surface area contributed by atoms with Crippen LogP contribution in [0.2, 0.25) is 0 Å². The van der Waals surface area contributed by atoms with Crippen molar-refractivity contribution in [1.82, 2.24) is 5.48 Å². The molecule has 0 spiro atoms. The van der Waals surface area contributed by atoms with Gasteiger partial charge in [-0.05, 0) is 23.5 Å². The molecule has 0 aliphatic rings. The minimum atomic E-state index is 0.0137. The van der Waals surface area contributed by atoms with E-state index < -0.39 is 0 Å². The monoisotopic (exact) mass is 283 g/mol. The number of benzene rings is 2. The second-order valence-corrected chi connectivity index (χ2v) is 6.50. The van der Waals surface area contributed by atoms with Crippen LogP contribution in [0.5, 0.6) is 0 Å². The maximum Gasteiger partial charge on any atom is 0.101 e. The van der Waals surface area contributed by atoms with Crippen molar-refractivity contribution in [2.45, 2.75) is 39.8 Å². The van der Waals surface area contributed by atoms with Crippen molar-refractivity contribution in [1.29, 1.82) is 0 Å². The van der Waals surface area contributed by atoms with E-state index in [0.717, 1.165) is 0 Å². The van der Waals surface area contributed by atoms with Crippen LogP contribution in [0.4, 0.5) is 0 Å². The maximum absolute atomic E-state index is 5.92. The summed E-state index contributed by atoms with van der Waals surface area (Å²) in [5.41, 5.74) is 5.75. The fraction of sp³-hybridized carbons (Fsp3) is 0.368. The maximum atomic E-state index is 5.92. The summed E-state index contributed by atoms with van der Waals surface area (Å²) >= 11 is 0. The first kappa shape index (κ1) is 15.7. The van der Waals surface area contributed by atoms with E-state index >= 15 is 0 Å². The molecule has 2 nitrogen and oxygen atoms in total. The Hall–Kier alpha value is -1.64. The number of hydrogen-bond donors (Lipinski definition) is 1. The van der Waals surface area contributed by atoms with Gasteiger partial charge in [-0.1, -0.05) is 81.4 Å². The fourth-order valence-corrected chi connectivity index (χ4v) is 2.35. The second-order valence-electron chi connectivity index (χ2n) is 6.50. The van der Waals surface area contributed by atoms with Crippen molar-refractivity contribution in [3.05, 3.63) is 71.8 Å². The zero-order valence-corrected chi connectivity index (χ0v) is 13.3. The van der Waals surface area contributed by atoms with Crippen molar-refractivity contribution < 1.29 is 4.84 Å². The van der Waals surface area contributed by atoms with Crippen LogP contribution in [-0.2, 0) is 4.84 Å². The van der Waals surface area contributed by atoms with Crippen molar-refractivity contribution >= 4 is 0 Å². The molecule has 112 valence electrons. The normalized spacial score (nSPS) is 14.7. The number of nitrogens with one attached hydrogen (secondary N) is 1. The lowest BCUT2D eigenvalue weighted by atomic mass is 9.83.